The maximum absolute atomic E-state index is 12.4. The van der Waals surface area contributed by atoms with E-state index in [1.54, 1.807) is 12.3 Å². The number of carbonyl (C=O) groups is 1. The summed E-state index contributed by atoms with van der Waals surface area (Å²) in [5.74, 6) is 0.569. The number of pyridine rings is 1. The number of ether oxygens (including phenoxy) is 2. The van der Waals surface area contributed by atoms with Crippen molar-refractivity contribution in [3.05, 3.63) is 59.8 Å². The standard InChI is InChI=1S/C23H29N3O4/c27-22(18-8-11-21(24-14-18)30-19-9-10-19)20(15-26-12-4-5-13-26)25-23(28)29-16-17-6-2-1-3-7-17/h1-3,6-8,11,14,19-20,22,27H,4-5,9-10,12-13,15-16H2,(H,25,28)/t20-,22?/m1/s1. The van der Waals surface area contributed by atoms with Crippen molar-refractivity contribution in [3.63, 3.8) is 0 Å². The van der Waals surface area contributed by atoms with Gasteiger partial charge in [0.1, 0.15) is 18.8 Å². The summed E-state index contributed by atoms with van der Waals surface area (Å²) in [6.45, 7) is 2.68. The SMILES string of the molecule is O=C(N[C@H](CN1CCCC1)C(O)c1ccc(OC2CC2)nc1)OCc1ccccc1. The van der Waals surface area contributed by atoms with Crippen LogP contribution >= 0.6 is 0 Å². The van der Waals surface area contributed by atoms with Gasteiger partial charge in [-0.15, -0.1) is 0 Å². The number of nitrogens with one attached hydrogen (secondary N) is 1. The van der Waals surface area contributed by atoms with Crippen LogP contribution in [0.2, 0.25) is 0 Å². The van der Waals surface area contributed by atoms with Crippen molar-refractivity contribution in [2.75, 3.05) is 19.6 Å². The zero-order chi connectivity index (χ0) is 20.8. The minimum Gasteiger partial charge on any atom is -0.474 e. The largest absolute Gasteiger partial charge is 0.474 e. The number of amides is 1. The molecule has 30 heavy (non-hydrogen) atoms. The predicted octanol–water partition coefficient (Wildman–Crippen LogP) is 3.05. The van der Waals surface area contributed by atoms with Gasteiger partial charge in [-0.05, 0) is 50.4 Å². The molecule has 1 amide bonds. The molecule has 0 bridgehead atoms. The maximum Gasteiger partial charge on any atom is 0.407 e. The number of likely N-dealkylation sites (tertiary alicyclic amines) is 1. The number of alkyl carbamates (subject to hydrolysis) is 1. The van der Waals surface area contributed by atoms with Crippen molar-refractivity contribution in [1.82, 2.24) is 15.2 Å². The Labute approximate surface area is 177 Å². The summed E-state index contributed by atoms with van der Waals surface area (Å²) in [6, 6.07) is 12.6. The number of benzene rings is 1. The van der Waals surface area contributed by atoms with Crippen LogP contribution in [0, 0.1) is 0 Å². The zero-order valence-corrected chi connectivity index (χ0v) is 17.1. The number of aliphatic hydroxyl groups is 1. The molecule has 1 aromatic carbocycles. The summed E-state index contributed by atoms with van der Waals surface area (Å²) in [6.07, 6.45) is 4.87. The molecule has 0 spiro atoms. The lowest BCUT2D eigenvalue weighted by Gasteiger charge is -2.28. The molecule has 2 atom stereocenters. The summed E-state index contributed by atoms with van der Waals surface area (Å²) in [7, 11) is 0. The van der Waals surface area contributed by atoms with Crippen molar-refractivity contribution < 1.29 is 19.4 Å². The highest BCUT2D eigenvalue weighted by atomic mass is 16.5. The Bertz CT molecular complexity index is 805. The fourth-order valence-electron chi connectivity index (χ4n) is 3.61. The second-order valence-corrected chi connectivity index (χ2v) is 8.01. The number of hydrogen-bond donors (Lipinski definition) is 2. The molecular formula is C23H29N3O4. The second kappa shape index (κ2) is 9.91. The van der Waals surface area contributed by atoms with Crippen LogP contribution in [0.3, 0.4) is 0 Å². The fourth-order valence-corrected chi connectivity index (χ4v) is 3.61. The van der Waals surface area contributed by atoms with Gasteiger partial charge in [0, 0.05) is 24.4 Å². The van der Waals surface area contributed by atoms with Gasteiger partial charge in [0.25, 0.3) is 0 Å². The van der Waals surface area contributed by atoms with E-state index in [-0.39, 0.29) is 12.7 Å². The first kappa shape index (κ1) is 20.6. The van der Waals surface area contributed by atoms with Gasteiger partial charge >= 0.3 is 6.09 Å². The Balaban J connectivity index is 1.38. The third kappa shape index (κ3) is 5.93. The maximum atomic E-state index is 12.4. The number of aliphatic hydroxyl groups excluding tert-OH is 1. The van der Waals surface area contributed by atoms with Gasteiger partial charge in [-0.25, -0.2) is 9.78 Å². The Kier molecular flexibility index (Phi) is 6.81. The average Bonchev–Trinajstić information content (AvgIpc) is 3.44. The first-order valence-electron chi connectivity index (χ1n) is 10.7. The molecule has 2 heterocycles. The molecule has 1 aliphatic heterocycles. The quantitative estimate of drug-likeness (QED) is 0.660. The summed E-state index contributed by atoms with van der Waals surface area (Å²) >= 11 is 0. The molecule has 0 radical (unpaired) electrons. The molecule has 1 aromatic heterocycles. The van der Waals surface area contributed by atoms with Crippen LogP contribution < -0.4 is 10.1 Å². The van der Waals surface area contributed by atoms with Gasteiger partial charge in [-0.1, -0.05) is 30.3 Å². The molecule has 2 fully saturated rings. The molecule has 4 rings (SSSR count). The van der Waals surface area contributed by atoms with Crippen LogP contribution in [-0.2, 0) is 11.3 Å². The summed E-state index contributed by atoms with van der Waals surface area (Å²) < 4.78 is 11.0. The van der Waals surface area contributed by atoms with E-state index in [1.165, 1.54) is 0 Å². The lowest BCUT2D eigenvalue weighted by molar-refractivity contribution is 0.0879. The third-order valence-corrected chi connectivity index (χ3v) is 5.46. The molecule has 2 aliphatic rings. The van der Waals surface area contributed by atoms with Crippen LogP contribution in [0.5, 0.6) is 5.88 Å². The van der Waals surface area contributed by atoms with Crippen molar-refractivity contribution in [1.29, 1.82) is 0 Å². The molecular weight excluding hydrogens is 382 g/mol. The molecule has 1 unspecified atom stereocenters. The topological polar surface area (TPSA) is 83.9 Å². The summed E-state index contributed by atoms with van der Waals surface area (Å²) in [4.78, 5) is 19.0. The lowest BCUT2D eigenvalue weighted by atomic mass is 10.0. The highest BCUT2D eigenvalue weighted by Crippen LogP contribution is 2.26. The van der Waals surface area contributed by atoms with Crippen molar-refractivity contribution in [2.24, 2.45) is 0 Å². The van der Waals surface area contributed by atoms with E-state index >= 15 is 0 Å². The zero-order valence-electron chi connectivity index (χ0n) is 17.1. The number of nitrogens with zero attached hydrogens (tertiary/aromatic N) is 2. The molecule has 1 saturated carbocycles. The van der Waals surface area contributed by atoms with E-state index in [1.807, 2.05) is 36.4 Å². The number of hydrogen-bond acceptors (Lipinski definition) is 6. The van der Waals surface area contributed by atoms with E-state index < -0.39 is 18.2 Å². The molecule has 2 aromatic rings. The number of rotatable bonds is 9. The molecule has 7 nitrogen and oxygen atoms in total. The molecule has 2 N–H and O–H groups in total. The van der Waals surface area contributed by atoms with Crippen LogP contribution in [0.1, 0.15) is 42.9 Å². The smallest absolute Gasteiger partial charge is 0.407 e. The van der Waals surface area contributed by atoms with Crippen LogP contribution in [0.25, 0.3) is 0 Å². The molecule has 1 saturated heterocycles. The van der Waals surface area contributed by atoms with Gasteiger partial charge < -0.3 is 24.8 Å². The first-order valence-corrected chi connectivity index (χ1v) is 10.7. The summed E-state index contributed by atoms with van der Waals surface area (Å²) in [5.41, 5.74) is 1.56. The van der Waals surface area contributed by atoms with Gasteiger partial charge in [0.15, 0.2) is 0 Å². The average molecular weight is 412 g/mol. The van der Waals surface area contributed by atoms with Gasteiger partial charge in [0.05, 0.1) is 6.04 Å². The Morgan fingerprint density at radius 2 is 1.93 bits per heavy atom. The van der Waals surface area contributed by atoms with E-state index in [0.29, 0.717) is 18.0 Å². The molecule has 160 valence electrons. The van der Waals surface area contributed by atoms with Crippen LogP contribution in [0.4, 0.5) is 4.79 Å². The highest BCUT2D eigenvalue weighted by molar-refractivity contribution is 5.67. The number of carbonyl (C=O) groups excluding carboxylic acids is 1. The monoisotopic (exact) mass is 411 g/mol. The van der Waals surface area contributed by atoms with Gasteiger partial charge in [0.2, 0.25) is 5.88 Å². The highest BCUT2D eigenvalue weighted by Gasteiger charge is 2.28. The van der Waals surface area contributed by atoms with Crippen LogP contribution in [0.15, 0.2) is 48.7 Å². The lowest BCUT2D eigenvalue weighted by Crippen LogP contribution is -2.46. The predicted molar refractivity (Wildman–Crippen MR) is 112 cm³/mol. The normalized spacial score (nSPS) is 18.6. The fraction of sp³-hybridized carbons (Fsp3) is 0.478. The van der Waals surface area contributed by atoms with E-state index in [0.717, 1.165) is 44.3 Å². The van der Waals surface area contributed by atoms with E-state index in [4.69, 9.17) is 9.47 Å². The van der Waals surface area contributed by atoms with Gasteiger partial charge in [-0.2, -0.15) is 0 Å². The minimum absolute atomic E-state index is 0.188. The number of aromatic nitrogens is 1. The third-order valence-electron chi connectivity index (χ3n) is 5.46. The van der Waals surface area contributed by atoms with Crippen molar-refractivity contribution in [3.8, 4) is 5.88 Å². The second-order valence-electron chi connectivity index (χ2n) is 8.01. The van der Waals surface area contributed by atoms with Crippen molar-refractivity contribution >= 4 is 6.09 Å². The van der Waals surface area contributed by atoms with Gasteiger partial charge in [-0.3, -0.25) is 0 Å². The Morgan fingerprint density at radius 1 is 1.17 bits per heavy atom. The van der Waals surface area contributed by atoms with E-state index in [9.17, 15) is 9.90 Å². The Hall–Kier alpha value is -2.64. The summed E-state index contributed by atoms with van der Waals surface area (Å²) in [5, 5.41) is 13.8. The van der Waals surface area contributed by atoms with Crippen molar-refractivity contribution in [2.45, 2.75) is 50.5 Å². The first-order chi connectivity index (χ1) is 14.7. The molecule has 1 aliphatic carbocycles. The van der Waals surface area contributed by atoms with Crippen LogP contribution in [-0.4, -0.2) is 52.9 Å². The molecule has 7 heteroatoms. The van der Waals surface area contributed by atoms with E-state index in [2.05, 4.69) is 15.2 Å². The Morgan fingerprint density at radius 3 is 2.60 bits per heavy atom. The minimum atomic E-state index is -0.891.